The van der Waals surface area contributed by atoms with E-state index in [-0.39, 0.29) is 11.9 Å². The van der Waals surface area contributed by atoms with Crippen molar-refractivity contribution < 1.29 is 4.79 Å². The van der Waals surface area contributed by atoms with Crippen molar-refractivity contribution in [3.8, 4) is 0 Å². The number of hydrogen-bond acceptors (Lipinski definition) is 4. The van der Waals surface area contributed by atoms with Crippen LogP contribution in [0.1, 0.15) is 41.6 Å². The van der Waals surface area contributed by atoms with Gasteiger partial charge in [0.05, 0.1) is 18.7 Å². The van der Waals surface area contributed by atoms with E-state index >= 15 is 0 Å². The predicted molar refractivity (Wildman–Crippen MR) is 82.1 cm³/mol. The van der Waals surface area contributed by atoms with E-state index in [9.17, 15) is 4.79 Å². The summed E-state index contributed by atoms with van der Waals surface area (Å²) in [6.07, 6.45) is 7.37. The molecular formula is C15H20N4OS. The van der Waals surface area contributed by atoms with E-state index in [0.29, 0.717) is 6.42 Å². The van der Waals surface area contributed by atoms with E-state index in [0.717, 1.165) is 35.7 Å². The number of rotatable bonds is 3. The first-order chi connectivity index (χ1) is 10.1. The molecule has 0 unspecified atom stereocenters. The molecule has 6 heteroatoms. The van der Waals surface area contributed by atoms with Gasteiger partial charge in [0.2, 0.25) is 5.91 Å². The third-order valence-electron chi connectivity index (χ3n) is 3.86. The van der Waals surface area contributed by atoms with Gasteiger partial charge in [0.15, 0.2) is 0 Å². The number of carbonyl (C=O) groups excluding carboxylic acids is 1. The highest BCUT2D eigenvalue weighted by molar-refractivity contribution is 7.09. The van der Waals surface area contributed by atoms with Crippen LogP contribution in [0.2, 0.25) is 0 Å². The Kier molecular flexibility index (Phi) is 4.05. The van der Waals surface area contributed by atoms with Crippen molar-refractivity contribution in [3.63, 3.8) is 0 Å². The van der Waals surface area contributed by atoms with Crippen LogP contribution in [0.3, 0.4) is 0 Å². The Morgan fingerprint density at radius 3 is 3.00 bits per heavy atom. The van der Waals surface area contributed by atoms with Crippen LogP contribution >= 0.6 is 11.3 Å². The van der Waals surface area contributed by atoms with Crippen LogP contribution in [-0.4, -0.2) is 32.1 Å². The molecule has 2 aromatic heterocycles. The van der Waals surface area contributed by atoms with Crippen molar-refractivity contribution in [2.24, 2.45) is 7.05 Å². The van der Waals surface area contributed by atoms with Crippen molar-refractivity contribution in [1.82, 2.24) is 19.7 Å². The molecule has 1 saturated heterocycles. The number of nitrogens with zero attached hydrogens (tertiary/aromatic N) is 4. The summed E-state index contributed by atoms with van der Waals surface area (Å²) in [7, 11) is 1.87. The maximum Gasteiger partial charge on any atom is 0.227 e. The molecule has 0 spiro atoms. The normalized spacial score (nSPS) is 19.0. The second-order valence-corrected chi connectivity index (χ2v) is 6.51. The topological polar surface area (TPSA) is 51.0 Å². The molecule has 1 aliphatic heterocycles. The first kappa shape index (κ1) is 14.3. The number of amides is 1. The standard InChI is InChI=1S/C15H20N4OS/c1-11-10-21-15(17-11)13-5-3-4-6-19(13)14(20)7-12-8-16-18(2)9-12/h8-10,13H,3-7H2,1-2H3/t13-/m1/s1. The third-order valence-corrected chi connectivity index (χ3v) is 4.92. The van der Waals surface area contributed by atoms with Crippen LogP contribution in [0.25, 0.3) is 0 Å². The fourth-order valence-corrected chi connectivity index (χ4v) is 3.79. The second kappa shape index (κ2) is 5.97. The van der Waals surface area contributed by atoms with Gasteiger partial charge < -0.3 is 4.90 Å². The summed E-state index contributed by atoms with van der Waals surface area (Å²) in [6, 6.07) is 0.154. The maximum atomic E-state index is 12.6. The monoisotopic (exact) mass is 304 g/mol. The summed E-state index contributed by atoms with van der Waals surface area (Å²) in [4.78, 5) is 19.2. The largest absolute Gasteiger partial charge is 0.333 e. The minimum Gasteiger partial charge on any atom is -0.333 e. The lowest BCUT2D eigenvalue weighted by atomic mass is 10.0. The number of carbonyl (C=O) groups is 1. The minimum absolute atomic E-state index is 0.154. The number of thiazole rings is 1. The molecule has 0 bridgehead atoms. The molecule has 1 fully saturated rings. The first-order valence-electron chi connectivity index (χ1n) is 7.32. The highest BCUT2D eigenvalue weighted by Gasteiger charge is 2.29. The van der Waals surface area contributed by atoms with Crippen LogP contribution < -0.4 is 0 Å². The zero-order valence-corrected chi connectivity index (χ0v) is 13.3. The zero-order chi connectivity index (χ0) is 14.8. The van der Waals surface area contributed by atoms with Gasteiger partial charge in [0, 0.05) is 30.9 Å². The molecule has 21 heavy (non-hydrogen) atoms. The maximum absolute atomic E-state index is 12.6. The second-order valence-electron chi connectivity index (χ2n) is 5.62. The molecule has 112 valence electrons. The van der Waals surface area contributed by atoms with Crippen molar-refractivity contribution >= 4 is 17.2 Å². The molecule has 0 aliphatic carbocycles. The summed E-state index contributed by atoms with van der Waals surface area (Å²) in [5.41, 5.74) is 2.02. The fraction of sp³-hybridized carbons (Fsp3) is 0.533. The average molecular weight is 304 g/mol. The Bertz CT molecular complexity index is 633. The number of likely N-dealkylation sites (tertiary alicyclic amines) is 1. The van der Waals surface area contributed by atoms with Crippen LogP contribution in [0, 0.1) is 6.92 Å². The van der Waals surface area contributed by atoms with Crippen molar-refractivity contribution in [1.29, 1.82) is 0 Å². The number of aryl methyl sites for hydroxylation is 2. The van der Waals surface area contributed by atoms with Gasteiger partial charge in [-0.05, 0) is 31.7 Å². The van der Waals surface area contributed by atoms with Crippen LogP contribution in [-0.2, 0) is 18.3 Å². The summed E-state index contributed by atoms with van der Waals surface area (Å²) in [6.45, 7) is 2.84. The number of aromatic nitrogens is 3. The Labute approximate surface area is 128 Å². The van der Waals surface area contributed by atoms with E-state index in [4.69, 9.17) is 0 Å². The van der Waals surface area contributed by atoms with E-state index in [2.05, 4.69) is 15.5 Å². The lowest BCUT2D eigenvalue weighted by Crippen LogP contribution is -2.39. The summed E-state index contributed by atoms with van der Waals surface area (Å²) < 4.78 is 1.74. The van der Waals surface area contributed by atoms with E-state index < -0.39 is 0 Å². The van der Waals surface area contributed by atoms with Gasteiger partial charge in [-0.2, -0.15) is 5.10 Å². The molecule has 0 saturated carbocycles. The minimum atomic E-state index is 0.154. The van der Waals surface area contributed by atoms with Gasteiger partial charge in [-0.1, -0.05) is 0 Å². The Morgan fingerprint density at radius 1 is 1.48 bits per heavy atom. The quantitative estimate of drug-likeness (QED) is 0.875. The lowest BCUT2D eigenvalue weighted by molar-refractivity contribution is -0.134. The Balaban J connectivity index is 1.75. The predicted octanol–water partition coefficient (Wildman–Crippen LogP) is 2.48. The highest BCUT2D eigenvalue weighted by Crippen LogP contribution is 2.33. The SMILES string of the molecule is Cc1csc([C@H]2CCCCN2C(=O)Cc2cnn(C)c2)n1. The lowest BCUT2D eigenvalue weighted by Gasteiger charge is -2.34. The third kappa shape index (κ3) is 3.15. The summed E-state index contributed by atoms with van der Waals surface area (Å²) in [5.74, 6) is 0.181. The van der Waals surface area contributed by atoms with Gasteiger partial charge in [0.1, 0.15) is 5.01 Å². The smallest absolute Gasteiger partial charge is 0.227 e. The first-order valence-corrected chi connectivity index (χ1v) is 8.20. The van der Waals surface area contributed by atoms with Crippen molar-refractivity contribution in [2.75, 3.05) is 6.54 Å². The summed E-state index contributed by atoms with van der Waals surface area (Å²) in [5, 5.41) is 7.27. The van der Waals surface area contributed by atoms with Crippen molar-refractivity contribution in [3.05, 3.63) is 34.0 Å². The van der Waals surface area contributed by atoms with Crippen LogP contribution in [0.4, 0.5) is 0 Å². The van der Waals surface area contributed by atoms with Gasteiger partial charge in [-0.25, -0.2) is 4.98 Å². The molecule has 0 aromatic carbocycles. The van der Waals surface area contributed by atoms with Crippen LogP contribution in [0.15, 0.2) is 17.8 Å². The van der Waals surface area contributed by atoms with Gasteiger partial charge >= 0.3 is 0 Å². The average Bonchev–Trinajstić information content (AvgIpc) is 3.07. The number of piperidine rings is 1. The molecule has 3 heterocycles. The summed E-state index contributed by atoms with van der Waals surface area (Å²) >= 11 is 1.67. The van der Waals surface area contributed by atoms with E-state index in [1.807, 2.05) is 25.1 Å². The molecule has 0 radical (unpaired) electrons. The molecule has 3 rings (SSSR count). The molecule has 2 aromatic rings. The van der Waals surface area contributed by atoms with Crippen LogP contribution in [0.5, 0.6) is 0 Å². The van der Waals surface area contributed by atoms with Crippen molar-refractivity contribution in [2.45, 2.75) is 38.6 Å². The van der Waals surface area contributed by atoms with Gasteiger partial charge in [0.25, 0.3) is 0 Å². The Hall–Kier alpha value is -1.69. The molecule has 0 N–H and O–H groups in total. The van der Waals surface area contributed by atoms with E-state index in [1.165, 1.54) is 6.42 Å². The highest BCUT2D eigenvalue weighted by atomic mass is 32.1. The molecular weight excluding hydrogens is 284 g/mol. The van der Waals surface area contributed by atoms with E-state index in [1.54, 1.807) is 22.2 Å². The molecule has 1 aliphatic rings. The van der Waals surface area contributed by atoms with Gasteiger partial charge in [-0.3, -0.25) is 9.48 Å². The fourth-order valence-electron chi connectivity index (χ4n) is 2.85. The molecule has 5 nitrogen and oxygen atoms in total. The Morgan fingerprint density at radius 2 is 2.33 bits per heavy atom. The van der Waals surface area contributed by atoms with Gasteiger partial charge in [-0.15, -0.1) is 11.3 Å². The zero-order valence-electron chi connectivity index (χ0n) is 12.5. The number of hydrogen-bond donors (Lipinski definition) is 0. The molecule has 1 amide bonds. The molecule has 1 atom stereocenters.